The minimum atomic E-state index is 0.640. The van der Waals surface area contributed by atoms with Crippen LogP contribution >= 0.6 is 0 Å². The van der Waals surface area contributed by atoms with Gasteiger partial charge in [-0.3, -0.25) is 4.79 Å². The summed E-state index contributed by atoms with van der Waals surface area (Å²) < 4.78 is 0. The minimum absolute atomic E-state index is 0.640. The van der Waals surface area contributed by atoms with E-state index < -0.39 is 0 Å². The largest absolute Gasteiger partial charge is 0.402 e. The highest BCUT2D eigenvalue weighted by molar-refractivity contribution is 5.79. The van der Waals surface area contributed by atoms with E-state index in [2.05, 4.69) is 0 Å². The Morgan fingerprint density at radius 3 is 2.20 bits per heavy atom. The summed E-state index contributed by atoms with van der Waals surface area (Å²) in [6.45, 7) is 3.88. The van der Waals surface area contributed by atoms with Crippen LogP contribution in [0.3, 0.4) is 0 Å². The van der Waals surface area contributed by atoms with E-state index in [4.69, 9.17) is 5.73 Å². The lowest BCUT2D eigenvalue weighted by molar-refractivity contribution is -0.105. The average molecular weight is 137 g/mol. The maximum absolute atomic E-state index is 10.4. The van der Waals surface area contributed by atoms with Crippen LogP contribution in [-0.4, -0.2) is 6.29 Å². The first kappa shape index (κ1) is 7.06. The SMILES string of the molecule is CC1=C(N)CC(C=O)=C1C. The van der Waals surface area contributed by atoms with Crippen molar-refractivity contribution in [3.05, 3.63) is 22.4 Å². The summed E-state index contributed by atoms with van der Waals surface area (Å²) in [5, 5.41) is 0. The summed E-state index contributed by atoms with van der Waals surface area (Å²) in [5.41, 5.74) is 9.40. The van der Waals surface area contributed by atoms with Crippen molar-refractivity contribution in [3.63, 3.8) is 0 Å². The third-order valence-electron chi connectivity index (χ3n) is 2.05. The second kappa shape index (κ2) is 2.29. The topological polar surface area (TPSA) is 43.1 Å². The van der Waals surface area contributed by atoms with Gasteiger partial charge in [0.15, 0.2) is 0 Å². The van der Waals surface area contributed by atoms with Crippen LogP contribution in [0.15, 0.2) is 22.4 Å². The smallest absolute Gasteiger partial charge is 0.146 e. The van der Waals surface area contributed by atoms with Crippen LogP contribution in [0.25, 0.3) is 0 Å². The highest BCUT2D eigenvalue weighted by Gasteiger charge is 2.14. The minimum Gasteiger partial charge on any atom is -0.402 e. The van der Waals surface area contributed by atoms with Crippen LogP contribution < -0.4 is 5.73 Å². The summed E-state index contributed by atoms with van der Waals surface area (Å²) in [5.74, 6) is 0. The molecule has 2 heteroatoms. The first-order valence-corrected chi connectivity index (χ1v) is 3.27. The molecule has 1 rings (SSSR count). The summed E-state index contributed by atoms with van der Waals surface area (Å²) >= 11 is 0. The predicted octanol–water partition coefficient (Wildman–Crippen LogP) is 1.14. The summed E-state index contributed by atoms with van der Waals surface area (Å²) in [6.07, 6.45) is 1.53. The van der Waals surface area contributed by atoms with Crippen LogP contribution in [0.4, 0.5) is 0 Å². The Hall–Kier alpha value is -1.05. The molecule has 0 aromatic rings. The van der Waals surface area contributed by atoms with Crippen LogP contribution in [0.1, 0.15) is 20.3 Å². The second-order valence-electron chi connectivity index (χ2n) is 2.60. The van der Waals surface area contributed by atoms with Gasteiger partial charge in [-0.25, -0.2) is 0 Å². The van der Waals surface area contributed by atoms with Gasteiger partial charge in [0, 0.05) is 17.7 Å². The maximum atomic E-state index is 10.4. The van der Waals surface area contributed by atoms with Crippen molar-refractivity contribution >= 4 is 6.29 Å². The van der Waals surface area contributed by atoms with Gasteiger partial charge in [0.25, 0.3) is 0 Å². The fourth-order valence-corrected chi connectivity index (χ4v) is 1.08. The Balaban J connectivity index is 3.00. The molecule has 0 saturated carbocycles. The standard InChI is InChI=1S/C8H11NO/c1-5-6(2)8(9)3-7(5)4-10/h4H,3,9H2,1-2H3. The molecule has 0 aliphatic heterocycles. The zero-order valence-electron chi connectivity index (χ0n) is 6.27. The molecule has 0 bridgehead atoms. The molecule has 1 aliphatic rings. The zero-order chi connectivity index (χ0) is 7.72. The number of aldehydes is 1. The molecule has 2 nitrogen and oxygen atoms in total. The molecule has 0 radical (unpaired) electrons. The van der Waals surface area contributed by atoms with Gasteiger partial charge in [-0.05, 0) is 25.0 Å². The summed E-state index contributed by atoms with van der Waals surface area (Å²) in [4.78, 5) is 10.4. The lowest BCUT2D eigenvalue weighted by atomic mass is 10.1. The quantitative estimate of drug-likeness (QED) is 0.551. The summed E-state index contributed by atoms with van der Waals surface area (Å²) in [6, 6.07) is 0. The van der Waals surface area contributed by atoms with Gasteiger partial charge in [0.1, 0.15) is 6.29 Å². The van der Waals surface area contributed by atoms with Crippen LogP contribution in [0.2, 0.25) is 0 Å². The van der Waals surface area contributed by atoms with Crippen LogP contribution in [-0.2, 0) is 4.79 Å². The number of carbonyl (C=O) groups excluding carboxylic acids is 1. The van der Waals surface area contributed by atoms with Crippen LogP contribution in [0, 0.1) is 0 Å². The zero-order valence-corrected chi connectivity index (χ0v) is 6.27. The maximum Gasteiger partial charge on any atom is 0.146 e. The molecule has 0 saturated heterocycles. The van der Waals surface area contributed by atoms with E-state index in [1.54, 1.807) is 0 Å². The molecule has 0 spiro atoms. The van der Waals surface area contributed by atoms with Crippen molar-refractivity contribution in [2.75, 3.05) is 0 Å². The Morgan fingerprint density at radius 1 is 1.40 bits per heavy atom. The second-order valence-corrected chi connectivity index (χ2v) is 2.60. The molecule has 0 atom stereocenters. The van der Waals surface area contributed by atoms with E-state index in [1.165, 1.54) is 0 Å². The highest BCUT2D eigenvalue weighted by atomic mass is 16.1. The van der Waals surface area contributed by atoms with Crippen molar-refractivity contribution < 1.29 is 4.79 Å². The monoisotopic (exact) mass is 137 g/mol. The lowest BCUT2D eigenvalue weighted by Crippen LogP contribution is -1.95. The third kappa shape index (κ3) is 0.856. The molecule has 10 heavy (non-hydrogen) atoms. The lowest BCUT2D eigenvalue weighted by Gasteiger charge is -1.94. The number of hydrogen-bond acceptors (Lipinski definition) is 2. The molecule has 0 unspecified atom stereocenters. The molecule has 0 fully saturated rings. The van der Waals surface area contributed by atoms with E-state index in [0.717, 1.165) is 28.7 Å². The molecule has 2 N–H and O–H groups in total. The number of rotatable bonds is 1. The Labute approximate surface area is 60.4 Å². The first-order valence-electron chi connectivity index (χ1n) is 3.27. The van der Waals surface area contributed by atoms with E-state index >= 15 is 0 Å². The summed E-state index contributed by atoms with van der Waals surface area (Å²) in [7, 11) is 0. The van der Waals surface area contributed by atoms with E-state index in [1.807, 2.05) is 13.8 Å². The van der Waals surface area contributed by atoms with Gasteiger partial charge < -0.3 is 5.73 Å². The van der Waals surface area contributed by atoms with Gasteiger partial charge in [-0.1, -0.05) is 0 Å². The molecule has 54 valence electrons. The predicted molar refractivity (Wildman–Crippen MR) is 40.3 cm³/mol. The molecular formula is C8H11NO. The number of nitrogens with two attached hydrogens (primary N) is 1. The molecule has 1 aliphatic carbocycles. The van der Waals surface area contributed by atoms with Gasteiger partial charge in [0.2, 0.25) is 0 Å². The fourth-order valence-electron chi connectivity index (χ4n) is 1.08. The fraction of sp³-hybridized carbons (Fsp3) is 0.375. The Bertz CT molecular complexity index is 233. The normalized spacial score (nSPS) is 18.6. The molecule has 0 heterocycles. The highest BCUT2D eigenvalue weighted by Crippen LogP contribution is 2.26. The Kier molecular flexibility index (Phi) is 1.62. The van der Waals surface area contributed by atoms with Crippen molar-refractivity contribution in [2.24, 2.45) is 5.73 Å². The van der Waals surface area contributed by atoms with Gasteiger partial charge in [-0.15, -0.1) is 0 Å². The molecule has 0 aromatic carbocycles. The van der Waals surface area contributed by atoms with E-state index in [9.17, 15) is 4.79 Å². The first-order chi connectivity index (χ1) is 4.66. The van der Waals surface area contributed by atoms with E-state index in [0.29, 0.717) is 6.42 Å². The molecule has 0 amide bonds. The van der Waals surface area contributed by atoms with Crippen molar-refractivity contribution in [1.82, 2.24) is 0 Å². The van der Waals surface area contributed by atoms with Crippen molar-refractivity contribution in [3.8, 4) is 0 Å². The number of carbonyl (C=O) groups is 1. The third-order valence-corrected chi connectivity index (χ3v) is 2.05. The number of allylic oxidation sites excluding steroid dienone is 3. The van der Waals surface area contributed by atoms with Gasteiger partial charge in [-0.2, -0.15) is 0 Å². The average Bonchev–Trinajstić information content (AvgIpc) is 2.17. The van der Waals surface area contributed by atoms with Crippen molar-refractivity contribution in [2.45, 2.75) is 20.3 Å². The van der Waals surface area contributed by atoms with Crippen LogP contribution in [0.5, 0.6) is 0 Å². The van der Waals surface area contributed by atoms with E-state index in [-0.39, 0.29) is 0 Å². The Morgan fingerprint density at radius 2 is 2.00 bits per heavy atom. The number of hydrogen-bond donors (Lipinski definition) is 1. The molecule has 0 aromatic heterocycles. The van der Waals surface area contributed by atoms with Crippen molar-refractivity contribution in [1.29, 1.82) is 0 Å². The van der Waals surface area contributed by atoms with Gasteiger partial charge >= 0.3 is 0 Å². The van der Waals surface area contributed by atoms with Gasteiger partial charge in [0.05, 0.1) is 0 Å². The molecular weight excluding hydrogens is 126 g/mol.